The topological polar surface area (TPSA) is 120 Å². The zero-order chi connectivity index (χ0) is 17.8. The van der Waals surface area contributed by atoms with Crippen LogP contribution in [0.15, 0.2) is 29.2 Å². The summed E-state index contributed by atoms with van der Waals surface area (Å²) in [5, 5.41) is 10.9. The molecule has 3 N–H and O–H groups in total. The number of benzene rings is 1. The van der Waals surface area contributed by atoms with Gasteiger partial charge in [-0.15, -0.1) is 5.10 Å². The fraction of sp³-hybridized carbons (Fsp3) is 0.312. The average molecular weight is 359 g/mol. The SMILES string of the molecule is Cc1ccc(C2Nc3c(C(N)=O)nnn3C3=C2S(=O)(=O)CCC3)cc1. The summed E-state index contributed by atoms with van der Waals surface area (Å²) >= 11 is 0. The summed E-state index contributed by atoms with van der Waals surface area (Å²) in [7, 11) is -3.43. The molecular formula is C16H17N5O3S. The summed E-state index contributed by atoms with van der Waals surface area (Å²) in [5.74, 6) is -0.268. The van der Waals surface area contributed by atoms with E-state index in [1.54, 1.807) is 0 Å². The molecule has 0 aliphatic carbocycles. The molecule has 1 atom stereocenters. The summed E-state index contributed by atoms with van der Waals surface area (Å²) in [5.41, 5.74) is 7.82. The molecule has 0 saturated heterocycles. The molecule has 1 unspecified atom stereocenters. The number of fused-ring (bicyclic) bond motifs is 2. The van der Waals surface area contributed by atoms with E-state index in [2.05, 4.69) is 15.6 Å². The van der Waals surface area contributed by atoms with Crippen LogP contribution in [0.4, 0.5) is 5.82 Å². The Kier molecular flexibility index (Phi) is 3.43. The van der Waals surface area contributed by atoms with Gasteiger partial charge in [0.25, 0.3) is 5.91 Å². The van der Waals surface area contributed by atoms with Crippen molar-refractivity contribution in [1.29, 1.82) is 0 Å². The van der Waals surface area contributed by atoms with Crippen molar-refractivity contribution in [2.75, 3.05) is 11.1 Å². The van der Waals surface area contributed by atoms with Crippen molar-refractivity contribution in [2.24, 2.45) is 5.73 Å². The number of primary amides is 1. The molecule has 1 aromatic carbocycles. The van der Waals surface area contributed by atoms with Crippen molar-refractivity contribution in [3.8, 4) is 0 Å². The number of aryl methyl sites for hydroxylation is 1. The molecule has 2 aromatic rings. The minimum absolute atomic E-state index is 0.00614. The van der Waals surface area contributed by atoms with Gasteiger partial charge < -0.3 is 11.1 Å². The van der Waals surface area contributed by atoms with Crippen molar-refractivity contribution in [1.82, 2.24) is 15.0 Å². The van der Waals surface area contributed by atoms with Gasteiger partial charge in [0.05, 0.1) is 22.4 Å². The van der Waals surface area contributed by atoms with Crippen molar-refractivity contribution in [2.45, 2.75) is 25.8 Å². The van der Waals surface area contributed by atoms with Gasteiger partial charge in [0.2, 0.25) is 0 Å². The quantitative estimate of drug-likeness (QED) is 0.832. The van der Waals surface area contributed by atoms with Gasteiger partial charge in [0.15, 0.2) is 21.3 Å². The molecule has 2 aliphatic rings. The summed E-state index contributed by atoms with van der Waals surface area (Å²) < 4.78 is 26.9. The molecular weight excluding hydrogens is 342 g/mol. The van der Waals surface area contributed by atoms with Gasteiger partial charge in [0.1, 0.15) is 0 Å². The molecule has 4 rings (SSSR count). The Morgan fingerprint density at radius 3 is 2.72 bits per heavy atom. The number of rotatable bonds is 2. The van der Waals surface area contributed by atoms with Crippen LogP contribution in [0.2, 0.25) is 0 Å². The van der Waals surface area contributed by atoms with Gasteiger partial charge >= 0.3 is 0 Å². The lowest BCUT2D eigenvalue weighted by atomic mass is 10.0. The molecule has 0 radical (unpaired) electrons. The monoisotopic (exact) mass is 359 g/mol. The van der Waals surface area contributed by atoms with E-state index >= 15 is 0 Å². The minimum atomic E-state index is -3.43. The second-order valence-electron chi connectivity index (χ2n) is 6.28. The van der Waals surface area contributed by atoms with E-state index < -0.39 is 21.8 Å². The highest BCUT2D eigenvalue weighted by Crippen LogP contribution is 2.43. The van der Waals surface area contributed by atoms with Crippen LogP contribution < -0.4 is 11.1 Å². The Balaban J connectivity index is 1.97. The number of nitrogens with zero attached hydrogens (tertiary/aromatic N) is 3. The molecule has 8 nitrogen and oxygen atoms in total. The second-order valence-corrected chi connectivity index (χ2v) is 8.36. The number of carbonyl (C=O) groups excluding carboxylic acids is 1. The molecule has 0 saturated carbocycles. The molecule has 0 fully saturated rings. The van der Waals surface area contributed by atoms with E-state index in [-0.39, 0.29) is 11.4 Å². The fourth-order valence-corrected chi connectivity index (χ4v) is 5.21. The number of nitrogens with two attached hydrogens (primary N) is 1. The van der Waals surface area contributed by atoms with Crippen molar-refractivity contribution < 1.29 is 13.2 Å². The van der Waals surface area contributed by atoms with E-state index in [1.165, 1.54) is 4.68 Å². The standard InChI is InChI=1S/C16H17N5O3S/c1-9-4-6-10(7-5-9)12-14-11(3-2-8-25(14,23)24)21-16(18-12)13(15(17)22)19-20-21/h4-7,12,18H,2-3,8H2,1H3,(H2,17,22). The first-order valence-electron chi connectivity index (χ1n) is 7.93. The van der Waals surface area contributed by atoms with Gasteiger partial charge in [-0.3, -0.25) is 4.79 Å². The van der Waals surface area contributed by atoms with Gasteiger partial charge in [-0.1, -0.05) is 35.0 Å². The first-order chi connectivity index (χ1) is 11.9. The number of hydrogen-bond acceptors (Lipinski definition) is 6. The lowest BCUT2D eigenvalue weighted by Gasteiger charge is -2.33. The zero-order valence-corrected chi connectivity index (χ0v) is 14.4. The molecule has 9 heteroatoms. The molecule has 1 aromatic heterocycles. The van der Waals surface area contributed by atoms with Crippen LogP contribution in [0.25, 0.3) is 5.70 Å². The smallest absolute Gasteiger partial charge is 0.273 e. The van der Waals surface area contributed by atoms with Crippen molar-refractivity contribution in [3.05, 3.63) is 46.0 Å². The van der Waals surface area contributed by atoms with Gasteiger partial charge in [-0.25, -0.2) is 8.42 Å². The summed E-state index contributed by atoms with van der Waals surface area (Å²) in [4.78, 5) is 11.9. The molecule has 1 amide bonds. The number of allylic oxidation sites excluding steroid dienone is 1. The Morgan fingerprint density at radius 2 is 2.04 bits per heavy atom. The van der Waals surface area contributed by atoms with Crippen LogP contribution >= 0.6 is 0 Å². The van der Waals surface area contributed by atoms with E-state index in [0.717, 1.165) is 11.1 Å². The van der Waals surface area contributed by atoms with Crippen LogP contribution in [0.5, 0.6) is 0 Å². The van der Waals surface area contributed by atoms with Gasteiger partial charge in [0, 0.05) is 0 Å². The molecule has 0 bridgehead atoms. The first kappa shape index (κ1) is 15.8. The third-order valence-electron chi connectivity index (χ3n) is 4.56. The Morgan fingerprint density at radius 1 is 1.32 bits per heavy atom. The lowest BCUT2D eigenvalue weighted by Crippen LogP contribution is -2.32. The van der Waals surface area contributed by atoms with Crippen LogP contribution in [-0.2, 0) is 9.84 Å². The van der Waals surface area contributed by atoms with Crippen LogP contribution in [0.1, 0.15) is 40.5 Å². The number of anilines is 1. The third-order valence-corrected chi connectivity index (χ3v) is 6.53. The van der Waals surface area contributed by atoms with Crippen LogP contribution in [0.3, 0.4) is 0 Å². The Hall–Kier alpha value is -2.68. The molecule has 130 valence electrons. The highest BCUT2D eigenvalue weighted by atomic mass is 32.2. The van der Waals surface area contributed by atoms with E-state index in [4.69, 9.17) is 5.73 Å². The van der Waals surface area contributed by atoms with Crippen LogP contribution in [-0.4, -0.2) is 35.1 Å². The number of sulfone groups is 1. The van der Waals surface area contributed by atoms with Gasteiger partial charge in [-0.2, -0.15) is 4.68 Å². The number of nitrogens with one attached hydrogen (secondary N) is 1. The second kappa shape index (κ2) is 5.41. The maximum Gasteiger partial charge on any atom is 0.273 e. The summed E-state index contributed by atoms with van der Waals surface area (Å²) in [6.07, 6.45) is 1.06. The highest BCUT2D eigenvalue weighted by Gasteiger charge is 2.40. The fourth-order valence-electron chi connectivity index (χ4n) is 3.36. The normalized spacial score (nSPS) is 21.2. The average Bonchev–Trinajstić information content (AvgIpc) is 2.99. The number of hydrogen-bond donors (Lipinski definition) is 2. The zero-order valence-electron chi connectivity index (χ0n) is 13.6. The predicted molar refractivity (Wildman–Crippen MR) is 92.3 cm³/mol. The Labute approximate surface area is 144 Å². The number of aromatic nitrogens is 3. The van der Waals surface area contributed by atoms with E-state index in [0.29, 0.717) is 29.3 Å². The summed E-state index contributed by atoms with van der Waals surface area (Å²) in [6.45, 7) is 1.96. The maximum atomic E-state index is 12.8. The summed E-state index contributed by atoms with van der Waals surface area (Å²) in [6, 6.07) is 7.01. The minimum Gasteiger partial charge on any atom is -0.364 e. The van der Waals surface area contributed by atoms with Crippen molar-refractivity contribution >= 4 is 27.3 Å². The van der Waals surface area contributed by atoms with Crippen LogP contribution in [0, 0.1) is 6.92 Å². The maximum absolute atomic E-state index is 12.8. The lowest BCUT2D eigenvalue weighted by molar-refractivity contribution is 0.0996. The molecule has 0 spiro atoms. The van der Waals surface area contributed by atoms with Crippen molar-refractivity contribution in [3.63, 3.8) is 0 Å². The molecule has 3 heterocycles. The van der Waals surface area contributed by atoms with Gasteiger partial charge in [-0.05, 0) is 25.3 Å². The largest absolute Gasteiger partial charge is 0.364 e. The number of amides is 1. The van der Waals surface area contributed by atoms with E-state index in [9.17, 15) is 13.2 Å². The predicted octanol–water partition coefficient (Wildman–Crippen LogP) is 1.23. The molecule has 2 aliphatic heterocycles. The first-order valence-corrected chi connectivity index (χ1v) is 9.58. The third kappa shape index (κ3) is 2.42. The highest BCUT2D eigenvalue weighted by molar-refractivity contribution is 7.95. The van der Waals surface area contributed by atoms with E-state index in [1.807, 2.05) is 31.2 Å². The number of carbonyl (C=O) groups is 1. The molecule has 25 heavy (non-hydrogen) atoms. The Bertz CT molecular complexity index is 1000.